The van der Waals surface area contributed by atoms with Crippen molar-refractivity contribution in [1.29, 1.82) is 5.26 Å². The molecule has 6 heteroatoms. The van der Waals surface area contributed by atoms with Crippen molar-refractivity contribution in [2.75, 3.05) is 0 Å². The van der Waals surface area contributed by atoms with E-state index in [-0.39, 0.29) is 35.0 Å². The lowest BCUT2D eigenvalue weighted by Gasteiger charge is -2.21. The van der Waals surface area contributed by atoms with Crippen molar-refractivity contribution >= 4 is 0 Å². The van der Waals surface area contributed by atoms with Crippen molar-refractivity contribution in [2.45, 2.75) is 37.9 Å². The Hall–Kier alpha value is -2.68. The predicted molar refractivity (Wildman–Crippen MR) is 85.5 cm³/mol. The fourth-order valence-corrected chi connectivity index (χ4v) is 2.34. The van der Waals surface area contributed by atoms with Crippen LogP contribution in [0.25, 0.3) is 22.6 Å². The maximum absolute atomic E-state index is 9.43. The summed E-state index contributed by atoms with van der Waals surface area (Å²) in [5.74, 6) is -2.37. The first kappa shape index (κ1) is 6.08. The molecule has 1 aromatic heterocycles. The molecule has 1 atom stereocenters. The minimum absolute atomic E-state index is 0.0643. The number of H-pyrrole nitrogens is 1. The fourth-order valence-electron chi connectivity index (χ4n) is 2.34. The van der Waals surface area contributed by atoms with Crippen molar-refractivity contribution in [1.82, 2.24) is 24.7 Å². The molecule has 116 valence electrons. The molecule has 0 unspecified atom stereocenters. The second-order valence-electron chi connectivity index (χ2n) is 4.74. The molecule has 3 heterocycles. The van der Waals surface area contributed by atoms with Crippen LogP contribution in [0.3, 0.4) is 0 Å². The minimum Gasteiger partial charge on any atom is -0.345 e. The summed E-state index contributed by atoms with van der Waals surface area (Å²) in [5.41, 5.74) is 0.261. The highest BCUT2D eigenvalue weighted by molar-refractivity contribution is 5.77. The van der Waals surface area contributed by atoms with Gasteiger partial charge in [-0.1, -0.05) is 12.7 Å². The molecular weight excluding hydrogens is 288 g/mol. The topological polar surface area (TPSA) is 83.2 Å². The van der Waals surface area contributed by atoms with Crippen molar-refractivity contribution in [3.8, 4) is 28.7 Å². The molecule has 1 saturated carbocycles. The third-order valence-electron chi connectivity index (χ3n) is 3.41. The maximum atomic E-state index is 9.43. The van der Waals surface area contributed by atoms with E-state index in [0.717, 1.165) is 17.1 Å². The van der Waals surface area contributed by atoms with Crippen LogP contribution >= 0.6 is 0 Å². The van der Waals surface area contributed by atoms with Crippen LogP contribution in [0.5, 0.6) is 0 Å². The van der Waals surface area contributed by atoms with Gasteiger partial charge in [0.15, 0.2) is 5.82 Å². The van der Waals surface area contributed by atoms with E-state index in [9.17, 15) is 5.26 Å². The first-order valence-corrected chi connectivity index (χ1v) is 6.71. The highest BCUT2D eigenvalue weighted by Gasteiger charge is 2.27. The third-order valence-corrected chi connectivity index (χ3v) is 3.41. The Morgan fingerprint density at radius 1 is 1.52 bits per heavy atom. The van der Waals surface area contributed by atoms with E-state index in [2.05, 4.69) is 20.1 Å². The molecule has 0 amide bonds. The molecule has 0 spiro atoms. The SMILES string of the molecule is [2H]c1nc2nc([2H])c([2H])c-2c(-c2cnn([C@@]([2H])(CC#N)C3C([2H])([2H])C([2H])([2H])C([2H])([2H])C3([2H])[2H])c2)[nH]1. The van der Waals surface area contributed by atoms with E-state index in [1.165, 1.54) is 0 Å². The zero-order valence-corrected chi connectivity index (χ0v) is 11.7. The average Bonchev–Trinajstić information content (AvgIpc) is 3.34. The predicted octanol–water partition coefficient (Wildman–Crippen LogP) is 3.42. The highest BCUT2D eigenvalue weighted by atomic mass is 15.3. The fraction of sp³-hybridized carbons (Fsp3) is 0.412. The molecule has 6 nitrogen and oxygen atoms in total. The molecule has 2 aliphatic heterocycles. The normalized spacial score (nSPS) is 34.4. The molecular formula is C17H18N6. The summed E-state index contributed by atoms with van der Waals surface area (Å²) >= 11 is 0. The Morgan fingerprint density at radius 3 is 3.22 bits per heavy atom. The molecule has 1 aromatic rings. The van der Waals surface area contributed by atoms with Crippen LogP contribution in [-0.2, 0) is 0 Å². The summed E-state index contributed by atoms with van der Waals surface area (Å²) in [6, 6.07) is -1.22. The largest absolute Gasteiger partial charge is 0.345 e. The van der Waals surface area contributed by atoms with E-state index in [1.807, 2.05) is 0 Å². The molecule has 0 aromatic carbocycles. The number of nitriles is 1. The third kappa shape index (κ3) is 2.48. The number of hydrogen-bond acceptors (Lipinski definition) is 4. The van der Waals surface area contributed by atoms with Crippen LogP contribution < -0.4 is 0 Å². The number of rotatable bonds is 4. The lowest BCUT2D eigenvalue weighted by Crippen LogP contribution is -2.17. The minimum atomic E-state index is -3.34. The Kier molecular flexibility index (Phi) is 1.54. The van der Waals surface area contributed by atoms with Gasteiger partial charge in [-0.25, -0.2) is 9.97 Å². The van der Waals surface area contributed by atoms with Gasteiger partial charge in [0, 0.05) is 34.5 Å². The summed E-state index contributed by atoms with van der Waals surface area (Å²) in [7, 11) is 0. The standard InChI is InChI=1S/C17H18N6/c18-7-5-15(12-3-1-2-4-12)23-10-13(9-22-23)16-14-6-8-19-17(14)21-11-20-16/h6,8-12,15H,1-5H2,(H,19,20,21)/t15-/m0/s1/i1D2,2D2,3D2,4D2,6D,8D,11D,15D. The van der Waals surface area contributed by atoms with Crippen molar-refractivity contribution in [3.05, 3.63) is 30.9 Å². The summed E-state index contributed by atoms with van der Waals surface area (Å²) in [6.07, 6.45) is -12.5. The van der Waals surface area contributed by atoms with Crippen LogP contribution in [-0.4, -0.2) is 24.7 Å². The summed E-state index contributed by atoms with van der Waals surface area (Å²) in [5, 5.41) is 13.4. The van der Waals surface area contributed by atoms with Gasteiger partial charge < -0.3 is 4.98 Å². The van der Waals surface area contributed by atoms with Crippen molar-refractivity contribution < 1.29 is 16.4 Å². The molecule has 4 rings (SSSR count). The van der Waals surface area contributed by atoms with Gasteiger partial charge in [0.2, 0.25) is 0 Å². The molecule has 0 radical (unpaired) electrons. The second kappa shape index (κ2) is 5.84. The van der Waals surface area contributed by atoms with Gasteiger partial charge in [0.05, 0.1) is 40.8 Å². The first-order chi connectivity index (χ1) is 15.9. The molecule has 0 saturated heterocycles. The number of nitrogens with one attached hydrogen (secondary N) is 1. The van der Waals surface area contributed by atoms with Gasteiger partial charge in [-0.3, -0.25) is 4.68 Å². The zero-order valence-electron chi connectivity index (χ0n) is 23.7. The van der Waals surface area contributed by atoms with Crippen LogP contribution in [0.15, 0.2) is 30.9 Å². The van der Waals surface area contributed by atoms with E-state index < -0.39 is 50.0 Å². The second-order valence-corrected chi connectivity index (χ2v) is 4.74. The van der Waals surface area contributed by atoms with Gasteiger partial charge in [0.1, 0.15) is 1.37 Å². The van der Waals surface area contributed by atoms with E-state index in [4.69, 9.17) is 16.4 Å². The van der Waals surface area contributed by atoms with E-state index >= 15 is 0 Å². The molecule has 3 aliphatic rings. The van der Waals surface area contributed by atoms with Gasteiger partial charge in [0.25, 0.3) is 0 Å². The highest BCUT2D eigenvalue weighted by Crippen LogP contribution is 2.37. The van der Waals surface area contributed by atoms with Gasteiger partial charge in [-0.15, -0.1) is 0 Å². The zero-order chi connectivity index (χ0) is 26.4. The van der Waals surface area contributed by atoms with Crippen molar-refractivity contribution in [2.24, 2.45) is 5.92 Å². The lowest BCUT2D eigenvalue weighted by atomic mass is 9.96. The monoisotopic (exact) mass is 318 g/mol. The summed E-state index contributed by atoms with van der Waals surface area (Å²) < 4.78 is 98.9. The number of aromatic amines is 1. The number of hydrogen-bond donors (Lipinski definition) is 1. The Labute approximate surface area is 151 Å². The Bertz CT molecular complexity index is 1300. The van der Waals surface area contributed by atoms with Gasteiger partial charge in [-0.2, -0.15) is 10.4 Å². The van der Waals surface area contributed by atoms with Gasteiger partial charge in [-0.05, 0) is 24.7 Å². The average molecular weight is 318 g/mol. The molecule has 1 N–H and O–H groups in total. The lowest BCUT2D eigenvalue weighted by molar-refractivity contribution is 0.315. The van der Waals surface area contributed by atoms with Crippen molar-refractivity contribution in [3.63, 3.8) is 0 Å². The number of nitrogens with zero attached hydrogens (tertiary/aromatic N) is 5. The molecule has 1 aliphatic carbocycles. The Morgan fingerprint density at radius 2 is 2.39 bits per heavy atom. The quantitative estimate of drug-likeness (QED) is 0.799. The Balaban J connectivity index is 1.92. The molecule has 1 fully saturated rings. The summed E-state index contributed by atoms with van der Waals surface area (Å²) in [4.78, 5) is 10.3. The number of aromatic nitrogens is 5. The first-order valence-electron chi connectivity index (χ1n) is 12.7. The van der Waals surface area contributed by atoms with Gasteiger partial charge >= 0.3 is 0 Å². The van der Waals surface area contributed by atoms with Crippen LogP contribution in [0.1, 0.15) is 54.4 Å². The summed E-state index contributed by atoms with van der Waals surface area (Å²) in [6.45, 7) is 0. The maximum Gasteiger partial charge on any atom is 0.162 e. The smallest absolute Gasteiger partial charge is 0.162 e. The molecule has 0 bridgehead atoms. The van der Waals surface area contributed by atoms with E-state index in [0.29, 0.717) is 0 Å². The van der Waals surface area contributed by atoms with Crippen LogP contribution in [0.2, 0.25) is 0 Å². The van der Waals surface area contributed by atoms with Crippen LogP contribution in [0.4, 0.5) is 0 Å². The van der Waals surface area contributed by atoms with E-state index in [1.54, 1.807) is 6.07 Å². The number of fused-ring (bicyclic) bond motifs is 1. The van der Waals surface area contributed by atoms with Crippen LogP contribution in [0, 0.1) is 17.2 Å². The molecule has 23 heavy (non-hydrogen) atoms.